The van der Waals surface area contributed by atoms with E-state index in [1.807, 2.05) is 36.4 Å². The third kappa shape index (κ3) is 2.44. The molecule has 2 N–H and O–H groups in total. The number of para-hydroxylation sites is 1. The molecule has 6 nitrogen and oxygen atoms in total. The molecule has 0 aliphatic rings. The van der Waals surface area contributed by atoms with Crippen LogP contribution in [0.4, 0.5) is 0 Å². The zero-order valence-corrected chi connectivity index (χ0v) is 12.9. The summed E-state index contributed by atoms with van der Waals surface area (Å²) in [5.41, 5.74) is 3.46. The maximum absolute atomic E-state index is 12.2. The predicted molar refractivity (Wildman–Crippen MR) is 91.9 cm³/mol. The minimum Gasteiger partial charge on any atom is -0.481 e. The lowest BCUT2D eigenvalue weighted by atomic mass is 10.1. The average molecular weight is 318 g/mol. The van der Waals surface area contributed by atoms with E-state index < -0.39 is 0 Å². The van der Waals surface area contributed by atoms with Gasteiger partial charge in [-0.05, 0) is 24.3 Å². The first-order chi connectivity index (χ1) is 11.7. The Labute approximate surface area is 137 Å². The van der Waals surface area contributed by atoms with E-state index >= 15 is 0 Å². The standard InChI is InChI=1S/C18H14N4O2/c1-24-17-7-6-12(10-19-17)15-9-13(18(23)22-21-15)16-8-11-4-2-3-5-14(11)20-16/h2-10,20H,1H3,(H,22,23). The number of hydrogen-bond donors (Lipinski definition) is 2. The van der Waals surface area contributed by atoms with Gasteiger partial charge in [0, 0.05) is 28.7 Å². The zero-order chi connectivity index (χ0) is 16.5. The maximum Gasteiger partial charge on any atom is 0.273 e. The molecule has 0 amide bonds. The Hall–Kier alpha value is -3.41. The smallest absolute Gasteiger partial charge is 0.273 e. The van der Waals surface area contributed by atoms with Gasteiger partial charge >= 0.3 is 0 Å². The second kappa shape index (κ2) is 5.66. The molecule has 0 bridgehead atoms. The summed E-state index contributed by atoms with van der Waals surface area (Å²) in [4.78, 5) is 19.6. The molecule has 0 unspecified atom stereocenters. The van der Waals surface area contributed by atoms with Gasteiger partial charge in [-0.1, -0.05) is 18.2 Å². The summed E-state index contributed by atoms with van der Waals surface area (Å²) in [7, 11) is 1.56. The van der Waals surface area contributed by atoms with Crippen LogP contribution in [0, 0.1) is 0 Å². The van der Waals surface area contributed by atoms with E-state index in [2.05, 4.69) is 20.2 Å². The largest absolute Gasteiger partial charge is 0.481 e. The fourth-order valence-corrected chi connectivity index (χ4v) is 2.62. The van der Waals surface area contributed by atoms with E-state index in [9.17, 15) is 4.79 Å². The van der Waals surface area contributed by atoms with Crippen molar-refractivity contribution in [2.75, 3.05) is 7.11 Å². The van der Waals surface area contributed by atoms with E-state index in [0.29, 0.717) is 17.1 Å². The number of pyridine rings is 1. The number of fused-ring (bicyclic) bond motifs is 1. The fraction of sp³-hybridized carbons (Fsp3) is 0.0556. The van der Waals surface area contributed by atoms with Gasteiger partial charge in [-0.15, -0.1) is 0 Å². The van der Waals surface area contributed by atoms with Crippen LogP contribution in [0.15, 0.2) is 59.5 Å². The lowest BCUT2D eigenvalue weighted by molar-refractivity contribution is 0.398. The van der Waals surface area contributed by atoms with Crippen LogP contribution >= 0.6 is 0 Å². The van der Waals surface area contributed by atoms with Gasteiger partial charge < -0.3 is 9.72 Å². The maximum atomic E-state index is 12.2. The summed E-state index contributed by atoms with van der Waals surface area (Å²) in [6, 6.07) is 15.2. The molecule has 0 aliphatic heterocycles. The Kier molecular flexibility index (Phi) is 3.35. The molecule has 4 rings (SSSR count). The van der Waals surface area contributed by atoms with Crippen molar-refractivity contribution in [3.8, 4) is 28.4 Å². The molecule has 118 valence electrons. The second-order valence-electron chi connectivity index (χ2n) is 5.36. The Morgan fingerprint density at radius 1 is 1.08 bits per heavy atom. The topological polar surface area (TPSA) is 83.7 Å². The Bertz CT molecular complexity index is 1030. The van der Waals surface area contributed by atoms with Crippen LogP contribution in [-0.2, 0) is 0 Å². The summed E-state index contributed by atoms with van der Waals surface area (Å²) >= 11 is 0. The van der Waals surface area contributed by atoms with Crippen LogP contribution in [-0.4, -0.2) is 27.3 Å². The molecule has 0 saturated heterocycles. The monoisotopic (exact) mass is 318 g/mol. The number of nitrogens with zero attached hydrogens (tertiary/aromatic N) is 2. The summed E-state index contributed by atoms with van der Waals surface area (Å²) in [5, 5.41) is 7.72. The van der Waals surface area contributed by atoms with E-state index in [1.54, 1.807) is 25.4 Å². The highest BCUT2D eigenvalue weighted by Gasteiger charge is 2.10. The number of H-pyrrole nitrogens is 2. The third-order valence-electron chi connectivity index (χ3n) is 3.86. The lowest BCUT2D eigenvalue weighted by Crippen LogP contribution is -2.11. The van der Waals surface area contributed by atoms with Gasteiger partial charge in [0.2, 0.25) is 5.88 Å². The normalized spacial score (nSPS) is 10.9. The van der Waals surface area contributed by atoms with Crippen molar-refractivity contribution in [2.45, 2.75) is 0 Å². The Balaban J connectivity index is 1.82. The number of methoxy groups -OCH3 is 1. The zero-order valence-electron chi connectivity index (χ0n) is 12.9. The minimum atomic E-state index is -0.244. The van der Waals surface area contributed by atoms with Crippen molar-refractivity contribution in [1.29, 1.82) is 0 Å². The van der Waals surface area contributed by atoms with Crippen molar-refractivity contribution in [3.05, 3.63) is 65.1 Å². The molecule has 6 heteroatoms. The van der Waals surface area contributed by atoms with Gasteiger partial charge in [0.1, 0.15) is 0 Å². The lowest BCUT2D eigenvalue weighted by Gasteiger charge is -2.03. The second-order valence-corrected chi connectivity index (χ2v) is 5.36. The summed E-state index contributed by atoms with van der Waals surface area (Å²) in [5.74, 6) is 0.527. The van der Waals surface area contributed by atoms with Crippen molar-refractivity contribution in [2.24, 2.45) is 0 Å². The highest BCUT2D eigenvalue weighted by molar-refractivity contribution is 5.86. The molecular weight excluding hydrogens is 304 g/mol. The minimum absolute atomic E-state index is 0.244. The highest BCUT2D eigenvalue weighted by atomic mass is 16.5. The van der Waals surface area contributed by atoms with Gasteiger partial charge in [0.15, 0.2) is 0 Å². The molecule has 3 heterocycles. The van der Waals surface area contributed by atoms with Gasteiger partial charge in [0.05, 0.1) is 24.1 Å². The fourth-order valence-electron chi connectivity index (χ4n) is 2.62. The first kappa shape index (κ1) is 14.2. The van der Waals surface area contributed by atoms with Crippen molar-refractivity contribution >= 4 is 10.9 Å². The van der Waals surface area contributed by atoms with Crippen LogP contribution in [0.1, 0.15) is 0 Å². The molecule has 0 atom stereocenters. The van der Waals surface area contributed by atoms with Gasteiger partial charge in [-0.3, -0.25) is 4.79 Å². The van der Waals surface area contributed by atoms with Crippen LogP contribution < -0.4 is 10.3 Å². The number of rotatable bonds is 3. The SMILES string of the molecule is COc1ccc(-c2cc(-c3cc4ccccc4[nH]3)c(=O)[nH]n2)cn1. The summed E-state index contributed by atoms with van der Waals surface area (Å²) in [6.07, 6.45) is 1.66. The van der Waals surface area contributed by atoms with Gasteiger partial charge in [-0.25, -0.2) is 10.1 Å². The first-order valence-corrected chi connectivity index (χ1v) is 7.43. The van der Waals surface area contributed by atoms with Crippen LogP contribution in [0.2, 0.25) is 0 Å². The number of ether oxygens (including phenoxy) is 1. The summed E-state index contributed by atoms with van der Waals surface area (Å²) in [6.45, 7) is 0. The van der Waals surface area contributed by atoms with Gasteiger partial charge in [-0.2, -0.15) is 5.10 Å². The van der Waals surface area contributed by atoms with Crippen LogP contribution in [0.5, 0.6) is 5.88 Å². The molecule has 0 saturated carbocycles. The number of aromatic nitrogens is 4. The first-order valence-electron chi connectivity index (χ1n) is 7.43. The molecule has 0 spiro atoms. The van der Waals surface area contributed by atoms with E-state index in [1.165, 1.54) is 0 Å². The van der Waals surface area contributed by atoms with Crippen LogP contribution in [0.3, 0.4) is 0 Å². The van der Waals surface area contributed by atoms with E-state index in [0.717, 1.165) is 22.2 Å². The van der Waals surface area contributed by atoms with Gasteiger partial charge in [0.25, 0.3) is 5.56 Å². The molecule has 0 aliphatic carbocycles. The quantitative estimate of drug-likeness (QED) is 0.608. The Morgan fingerprint density at radius 2 is 1.96 bits per heavy atom. The van der Waals surface area contributed by atoms with Crippen molar-refractivity contribution < 1.29 is 4.74 Å². The number of aromatic amines is 2. The summed E-state index contributed by atoms with van der Waals surface area (Å²) < 4.78 is 5.06. The predicted octanol–water partition coefficient (Wildman–Crippen LogP) is 2.99. The molecule has 3 aromatic heterocycles. The molecule has 1 aromatic carbocycles. The number of benzene rings is 1. The van der Waals surface area contributed by atoms with Crippen LogP contribution in [0.25, 0.3) is 33.4 Å². The molecule has 4 aromatic rings. The van der Waals surface area contributed by atoms with Crippen molar-refractivity contribution in [3.63, 3.8) is 0 Å². The number of hydrogen-bond acceptors (Lipinski definition) is 4. The average Bonchev–Trinajstić information content (AvgIpc) is 3.06. The van der Waals surface area contributed by atoms with Crippen molar-refractivity contribution in [1.82, 2.24) is 20.2 Å². The molecular formula is C18H14N4O2. The van der Waals surface area contributed by atoms with E-state index in [-0.39, 0.29) is 5.56 Å². The number of nitrogens with one attached hydrogen (secondary N) is 2. The molecule has 24 heavy (non-hydrogen) atoms. The third-order valence-corrected chi connectivity index (χ3v) is 3.86. The van der Waals surface area contributed by atoms with E-state index in [4.69, 9.17) is 4.74 Å². The molecule has 0 radical (unpaired) electrons. The highest BCUT2D eigenvalue weighted by Crippen LogP contribution is 2.24. The molecule has 0 fully saturated rings. The Morgan fingerprint density at radius 3 is 2.71 bits per heavy atom.